The molecule has 0 spiro atoms. The predicted octanol–water partition coefficient (Wildman–Crippen LogP) is 0.117. The summed E-state index contributed by atoms with van der Waals surface area (Å²) in [6.45, 7) is 1.81. The number of aromatic nitrogens is 1. The minimum atomic E-state index is -3.51. The molecule has 8 heteroatoms. The first-order chi connectivity index (χ1) is 9.58. The Morgan fingerprint density at radius 2 is 1.80 bits per heavy atom. The Labute approximate surface area is 119 Å². The molecule has 0 aliphatic carbocycles. The largest absolute Gasteiger partial charge is 0.396 e. The number of hydrogen-bond donors (Lipinski definition) is 1. The van der Waals surface area contributed by atoms with Crippen molar-refractivity contribution < 1.29 is 22.6 Å². The Morgan fingerprint density at radius 3 is 2.45 bits per heavy atom. The van der Waals surface area contributed by atoms with Crippen molar-refractivity contribution in [3.63, 3.8) is 0 Å². The van der Waals surface area contributed by atoms with E-state index in [-0.39, 0.29) is 23.1 Å². The molecule has 114 valence electrons. The minimum Gasteiger partial charge on any atom is -0.396 e. The fourth-order valence-corrected chi connectivity index (χ4v) is 2.57. The number of sulfone groups is 1. The van der Waals surface area contributed by atoms with Crippen LogP contribution in [0.3, 0.4) is 0 Å². The second-order valence-corrected chi connectivity index (χ2v) is 5.96. The maximum Gasteiger partial charge on any atom is 0.199 e. The highest BCUT2D eigenvalue weighted by atomic mass is 32.2. The smallest absolute Gasteiger partial charge is 0.199 e. The highest BCUT2D eigenvalue weighted by molar-refractivity contribution is 7.91. The van der Waals surface area contributed by atoms with Gasteiger partial charge in [0, 0.05) is 13.3 Å². The van der Waals surface area contributed by atoms with Crippen LogP contribution in [0.25, 0.3) is 0 Å². The van der Waals surface area contributed by atoms with Crippen LogP contribution in [0.1, 0.15) is 0 Å². The average molecular weight is 304 g/mol. The van der Waals surface area contributed by atoms with Gasteiger partial charge in [-0.25, -0.2) is 13.4 Å². The SMILES string of the molecule is COCCOCCOCCS(=O)(=O)c1ncccc1N. The van der Waals surface area contributed by atoms with Gasteiger partial charge >= 0.3 is 0 Å². The minimum absolute atomic E-state index is 0.0754. The molecule has 7 nitrogen and oxygen atoms in total. The lowest BCUT2D eigenvalue weighted by atomic mass is 10.4. The molecule has 0 unspecified atom stereocenters. The van der Waals surface area contributed by atoms with Crippen LogP contribution >= 0.6 is 0 Å². The molecular weight excluding hydrogens is 284 g/mol. The van der Waals surface area contributed by atoms with E-state index in [9.17, 15) is 8.42 Å². The van der Waals surface area contributed by atoms with Crippen molar-refractivity contribution in [3.8, 4) is 0 Å². The third-order valence-electron chi connectivity index (χ3n) is 2.40. The Hall–Kier alpha value is -1.22. The monoisotopic (exact) mass is 304 g/mol. The van der Waals surface area contributed by atoms with Gasteiger partial charge in [-0.3, -0.25) is 0 Å². The summed E-state index contributed by atoms with van der Waals surface area (Å²) in [6.07, 6.45) is 1.40. The lowest BCUT2D eigenvalue weighted by molar-refractivity contribution is 0.0284. The third kappa shape index (κ3) is 5.83. The summed E-state index contributed by atoms with van der Waals surface area (Å²) in [6, 6.07) is 3.09. The fraction of sp³-hybridized carbons (Fsp3) is 0.583. The summed E-state index contributed by atoms with van der Waals surface area (Å²) < 4.78 is 39.1. The maximum atomic E-state index is 12.0. The number of rotatable bonds is 10. The number of methoxy groups -OCH3 is 1. The van der Waals surface area contributed by atoms with Gasteiger partial charge in [0.2, 0.25) is 0 Å². The van der Waals surface area contributed by atoms with Crippen LogP contribution in [0.15, 0.2) is 23.4 Å². The zero-order valence-corrected chi connectivity index (χ0v) is 12.3. The van der Waals surface area contributed by atoms with E-state index in [0.717, 1.165) is 0 Å². The van der Waals surface area contributed by atoms with Gasteiger partial charge in [-0.15, -0.1) is 0 Å². The fourth-order valence-electron chi connectivity index (χ4n) is 1.39. The second-order valence-electron chi connectivity index (χ2n) is 3.93. The first kappa shape index (κ1) is 16.8. The molecule has 1 heterocycles. The van der Waals surface area contributed by atoms with Crippen LogP contribution in [0.4, 0.5) is 5.69 Å². The van der Waals surface area contributed by atoms with E-state index in [1.54, 1.807) is 13.2 Å². The topological polar surface area (TPSA) is 101 Å². The van der Waals surface area contributed by atoms with Crippen LogP contribution < -0.4 is 5.73 Å². The van der Waals surface area contributed by atoms with E-state index < -0.39 is 9.84 Å². The van der Waals surface area contributed by atoms with Gasteiger partial charge in [-0.1, -0.05) is 0 Å². The normalized spacial score (nSPS) is 11.7. The van der Waals surface area contributed by atoms with Crippen molar-refractivity contribution in [1.82, 2.24) is 4.98 Å². The third-order valence-corrected chi connectivity index (χ3v) is 4.03. The van der Waals surface area contributed by atoms with Crippen LogP contribution in [-0.4, -0.2) is 59.3 Å². The molecule has 1 aromatic rings. The van der Waals surface area contributed by atoms with E-state index >= 15 is 0 Å². The summed E-state index contributed by atoms with van der Waals surface area (Å²) in [5, 5.41) is -0.0973. The van der Waals surface area contributed by atoms with Crippen molar-refractivity contribution in [3.05, 3.63) is 18.3 Å². The zero-order valence-electron chi connectivity index (χ0n) is 11.4. The molecule has 0 atom stereocenters. The molecule has 0 saturated heterocycles. The summed E-state index contributed by atoms with van der Waals surface area (Å²) in [5.41, 5.74) is 5.74. The van der Waals surface area contributed by atoms with Crippen molar-refractivity contribution in [2.24, 2.45) is 0 Å². The molecular formula is C12H20N2O5S. The van der Waals surface area contributed by atoms with Gasteiger partial charge in [0.15, 0.2) is 14.9 Å². The summed E-state index contributed by atoms with van der Waals surface area (Å²) in [7, 11) is -1.92. The molecule has 0 aliphatic heterocycles. The maximum absolute atomic E-state index is 12.0. The summed E-state index contributed by atoms with van der Waals surface area (Å²) in [5.74, 6) is -0.160. The van der Waals surface area contributed by atoms with Gasteiger partial charge in [0.25, 0.3) is 0 Å². The molecule has 0 bridgehead atoms. The molecule has 0 saturated carbocycles. The number of pyridine rings is 1. The number of nitrogens with two attached hydrogens (primary N) is 1. The summed E-state index contributed by atoms with van der Waals surface area (Å²) in [4.78, 5) is 3.79. The highest BCUT2D eigenvalue weighted by Crippen LogP contribution is 2.15. The predicted molar refractivity (Wildman–Crippen MR) is 74.2 cm³/mol. The quantitative estimate of drug-likeness (QED) is 0.612. The van der Waals surface area contributed by atoms with Crippen molar-refractivity contribution in [1.29, 1.82) is 0 Å². The average Bonchev–Trinajstić information content (AvgIpc) is 2.42. The van der Waals surface area contributed by atoms with Crippen molar-refractivity contribution in [2.75, 3.05) is 51.6 Å². The van der Waals surface area contributed by atoms with Gasteiger partial charge in [0.1, 0.15) is 0 Å². The van der Waals surface area contributed by atoms with E-state index in [1.165, 1.54) is 12.3 Å². The van der Waals surface area contributed by atoms with Crippen molar-refractivity contribution >= 4 is 15.5 Å². The van der Waals surface area contributed by atoms with E-state index in [1.807, 2.05) is 0 Å². The van der Waals surface area contributed by atoms with E-state index in [0.29, 0.717) is 26.4 Å². The Morgan fingerprint density at radius 1 is 1.15 bits per heavy atom. The highest BCUT2D eigenvalue weighted by Gasteiger charge is 2.18. The van der Waals surface area contributed by atoms with Gasteiger partial charge in [-0.2, -0.15) is 0 Å². The lowest BCUT2D eigenvalue weighted by Crippen LogP contribution is -2.17. The molecule has 20 heavy (non-hydrogen) atoms. The number of ether oxygens (including phenoxy) is 3. The Balaban J connectivity index is 2.26. The van der Waals surface area contributed by atoms with Gasteiger partial charge in [-0.05, 0) is 12.1 Å². The molecule has 1 aromatic heterocycles. The van der Waals surface area contributed by atoms with Crippen LogP contribution in [0.2, 0.25) is 0 Å². The number of anilines is 1. The van der Waals surface area contributed by atoms with Crippen LogP contribution in [0, 0.1) is 0 Å². The number of nitrogens with zero attached hydrogens (tertiary/aromatic N) is 1. The standard InChI is InChI=1S/C12H20N2O5S/c1-17-5-6-18-7-8-19-9-10-20(15,16)12-11(13)3-2-4-14-12/h2-4H,5-10,13H2,1H3. The first-order valence-electron chi connectivity index (χ1n) is 6.15. The van der Waals surface area contributed by atoms with E-state index in [4.69, 9.17) is 19.9 Å². The number of hydrogen-bond acceptors (Lipinski definition) is 7. The molecule has 1 rings (SSSR count). The Bertz CT molecular complexity index is 492. The molecule has 0 amide bonds. The molecule has 0 fully saturated rings. The van der Waals surface area contributed by atoms with E-state index in [2.05, 4.69) is 4.98 Å². The zero-order chi connectivity index (χ0) is 14.8. The van der Waals surface area contributed by atoms with Gasteiger partial charge < -0.3 is 19.9 Å². The van der Waals surface area contributed by atoms with Gasteiger partial charge in [0.05, 0.1) is 44.5 Å². The van der Waals surface area contributed by atoms with Crippen molar-refractivity contribution in [2.45, 2.75) is 5.03 Å². The molecule has 0 aliphatic rings. The first-order valence-corrected chi connectivity index (χ1v) is 7.81. The van der Waals surface area contributed by atoms with Crippen LogP contribution in [-0.2, 0) is 24.0 Å². The lowest BCUT2D eigenvalue weighted by Gasteiger charge is -2.07. The number of nitrogen functional groups attached to an aromatic ring is 1. The Kier molecular flexibility index (Phi) is 7.45. The molecule has 0 aromatic carbocycles. The van der Waals surface area contributed by atoms with Crippen LogP contribution in [0.5, 0.6) is 0 Å². The summed E-state index contributed by atoms with van der Waals surface area (Å²) >= 11 is 0. The second kappa shape index (κ2) is 8.85. The molecule has 0 radical (unpaired) electrons. The molecule has 2 N–H and O–H groups in total.